The van der Waals surface area contributed by atoms with Crippen molar-refractivity contribution in [3.05, 3.63) is 0 Å². The van der Waals surface area contributed by atoms with E-state index in [9.17, 15) is 4.79 Å². The Bertz CT molecular complexity index is 330. The summed E-state index contributed by atoms with van der Waals surface area (Å²) in [5.41, 5.74) is 0. The van der Waals surface area contributed by atoms with E-state index < -0.39 is 0 Å². The maximum atomic E-state index is 12.1. The second-order valence-electron chi connectivity index (χ2n) is 4.94. The molecular formula is C14H23NO3. The summed E-state index contributed by atoms with van der Waals surface area (Å²) in [6.07, 6.45) is 0.824. The van der Waals surface area contributed by atoms with Crippen molar-refractivity contribution in [1.29, 1.82) is 0 Å². The summed E-state index contributed by atoms with van der Waals surface area (Å²) in [5, 5.41) is 0. The first-order chi connectivity index (χ1) is 8.58. The monoisotopic (exact) mass is 253 g/mol. The van der Waals surface area contributed by atoms with Crippen LogP contribution < -0.4 is 0 Å². The van der Waals surface area contributed by atoms with Crippen LogP contribution in [0, 0.1) is 17.8 Å². The maximum absolute atomic E-state index is 12.1. The van der Waals surface area contributed by atoms with Crippen molar-refractivity contribution >= 4 is 5.91 Å². The van der Waals surface area contributed by atoms with Gasteiger partial charge in [0.25, 0.3) is 0 Å². The Kier molecular flexibility index (Phi) is 6.17. The van der Waals surface area contributed by atoms with E-state index in [0.717, 1.165) is 0 Å². The van der Waals surface area contributed by atoms with Crippen LogP contribution in [0.5, 0.6) is 0 Å². The molecule has 102 valence electrons. The predicted molar refractivity (Wildman–Crippen MR) is 70.0 cm³/mol. The van der Waals surface area contributed by atoms with Gasteiger partial charge in [0, 0.05) is 33.6 Å². The minimum absolute atomic E-state index is 0.172. The molecule has 0 aliphatic carbocycles. The highest BCUT2D eigenvalue weighted by Gasteiger charge is 2.26. The zero-order chi connectivity index (χ0) is 13.5. The van der Waals surface area contributed by atoms with Gasteiger partial charge in [0.2, 0.25) is 5.91 Å². The molecule has 0 aromatic rings. The molecule has 0 aromatic heterocycles. The van der Waals surface area contributed by atoms with E-state index >= 15 is 0 Å². The van der Waals surface area contributed by atoms with Gasteiger partial charge in [-0.2, -0.15) is 0 Å². The SMILES string of the molecule is COC1C#CCCN(C(=O)CC(C)C)C[C@@H]1OC. The minimum atomic E-state index is -0.260. The van der Waals surface area contributed by atoms with Crippen molar-refractivity contribution in [2.75, 3.05) is 27.3 Å². The van der Waals surface area contributed by atoms with Crippen LogP contribution in [-0.4, -0.2) is 50.3 Å². The topological polar surface area (TPSA) is 38.8 Å². The van der Waals surface area contributed by atoms with Crippen LogP contribution in [0.3, 0.4) is 0 Å². The summed E-state index contributed by atoms with van der Waals surface area (Å²) in [6.45, 7) is 5.32. The molecule has 1 aliphatic rings. The minimum Gasteiger partial charge on any atom is -0.376 e. The van der Waals surface area contributed by atoms with E-state index in [1.165, 1.54) is 0 Å². The van der Waals surface area contributed by atoms with Gasteiger partial charge in [0.05, 0.1) is 6.54 Å². The average Bonchev–Trinajstić information content (AvgIpc) is 2.28. The molecular weight excluding hydrogens is 230 g/mol. The molecule has 1 heterocycles. The van der Waals surface area contributed by atoms with Gasteiger partial charge >= 0.3 is 0 Å². The molecule has 4 heteroatoms. The third-order valence-corrected chi connectivity index (χ3v) is 2.98. The standard InChI is InChI=1S/C14H23NO3/c1-11(2)9-14(16)15-8-6-5-7-12(17-3)13(10-15)18-4/h11-13H,6,8-10H2,1-4H3/t12?,13-/m0/s1. The van der Waals surface area contributed by atoms with E-state index in [0.29, 0.717) is 31.8 Å². The molecule has 1 unspecified atom stereocenters. The van der Waals surface area contributed by atoms with Gasteiger partial charge in [0.15, 0.2) is 0 Å². The van der Waals surface area contributed by atoms with Gasteiger partial charge in [-0.1, -0.05) is 25.7 Å². The van der Waals surface area contributed by atoms with Crippen molar-refractivity contribution in [3.8, 4) is 11.8 Å². The van der Waals surface area contributed by atoms with Crippen LogP contribution in [0.25, 0.3) is 0 Å². The summed E-state index contributed by atoms with van der Waals surface area (Å²) in [6, 6.07) is 0. The second kappa shape index (κ2) is 7.40. The van der Waals surface area contributed by atoms with Crippen molar-refractivity contribution in [2.45, 2.75) is 38.9 Å². The molecule has 0 bridgehead atoms. The van der Waals surface area contributed by atoms with Crippen molar-refractivity contribution in [3.63, 3.8) is 0 Å². The molecule has 18 heavy (non-hydrogen) atoms. The van der Waals surface area contributed by atoms with Crippen LogP contribution >= 0.6 is 0 Å². The fourth-order valence-electron chi connectivity index (χ4n) is 1.97. The predicted octanol–water partition coefficient (Wildman–Crippen LogP) is 1.30. The lowest BCUT2D eigenvalue weighted by Gasteiger charge is -2.30. The molecule has 0 fully saturated rings. The van der Waals surface area contributed by atoms with Gasteiger partial charge in [-0.05, 0) is 5.92 Å². The Morgan fingerprint density at radius 3 is 2.67 bits per heavy atom. The Labute approximate surface area is 110 Å². The molecule has 0 saturated heterocycles. The summed E-state index contributed by atoms with van der Waals surface area (Å²) in [7, 11) is 3.25. The number of hydrogen-bond donors (Lipinski definition) is 0. The number of carbonyl (C=O) groups is 1. The first kappa shape index (κ1) is 15.0. The summed E-state index contributed by atoms with van der Waals surface area (Å²) in [4.78, 5) is 14.0. The first-order valence-corrected chi connectivity index (χ1v) is 6.40. The van der Waals surface area contributed by atoms with E-state index in [4.69, 9.17) is 9.47 Å². The number of nitrogens with zero attached hydrogens (tertiary/aromatic N) is 1. The number of amides is 1. The van der Waals surface area contributed by atoms with Crippen LogP contribution in [0.4, 0.5) is 0 Å². The molecule has 2 atom stereocenters. The highest BCUT2D eigenvalue weighted by Crippen LogP contribution is 2.11. The number of rotatable bonds is 4. The van der Waals surface area contributed by atoms with Crippen LogP contribution in [0.1, 0.15) is 26.7 Å². The lowest BCUT2D eigenvalue weighted by atomic mass is 10.1. The molecule has 1 rings (SSSR count). The molecule has 0 N–H and O–H groups in total. The second-order valence-corrected chi connectivity index (χ2v) is 4.94. The lowest BCUT2D eigenvalue weighted by molar-refractivity contribution is -0.135. The Morgan fingerprint density at radius 2 is 2.11 bits per heavy atom. The molecule has 0 radical (unpaired) electrons. The fourth-order valence-corrected chi connectivity index (χ4v) is 1.97. The van der Waals surface area contributed by atoms with Crippen molar-refractivity contribution < 1.29 is 14.3 Å². The summed E-state index contributed by atoms with van der Waals surface area (Å²) < 4.78 is 10.7. The molecule has 1 aliphatic heterocycles. The van der Waals surface area contributed by atoms with Crippen molar-refractivity contribution in [1.82, 2.24) is 4.90 Å². The molecule has 0 aromatic carbocycles. The Morgan fingerprint density at radius 1 is 1.39 bits per heavy atom. The molecule has 4 nitrogen and oxygen atoms in total. The highest BCUT2D eigenvalue weighted by atomic mass is 16.5. The molecule has 1 amide bonds. The Balaban J connectivity index is 2.72. The fraction of sp³-hybridized carbons (Fsp3) is 0.786. The van der Waals surface area contributed by atoms with E-state index in [1.54, 1.807) is 14.2 Å². The number of methoxy groups -OCH3 is 2. The first-order valence-electron chi connectivity index (χ1n) is 6.40. The van der Waals surface area contributed by atoms with Crippen molar-refractivity contribution in [2.24, 2.45) is 5.92 Å². The van der Waals surface area contributed by atoms with Gasteiger partial charge in [-0.25, -0.2) is 0 Å². The van der Waals surface area contributed by atoms with E-state index in [1.807, 2.05) is 18.7 Å². The average molecular weight is 253 g/mol. The third kappa shape index (κ3) is 4.32. The Hall–Kier alpha value is -1.05. The third-order valence-electron chi connectivity index (χ3n) is 2.98. The van der Waals surface area contributed by atoms with Gasteiger partial charge < -0.3 is 14.4 Å². The van der Waals surface area contributed by atoms with Crippen LogP contribution in [-0.2, 0) is 14.3 Å². The summed E-state index contributed by atoms with van der Waals surface area (Å²) in [5.74, 6) is 6.62. The quantitative estimate of drug-likeness (QED) is 0.709. The van der Waals surface area contributed by atoms with E-state index in [-0.39, 0.29) is 18.1 Å². The molecule has 0 spiro atoms. The maximum Gasteiger partial charge on any atom is 0.222 e. The number of ether oxygens (including phenoxy) is 2. The highest BCUT2D eigenvalue weighted by molar-refractivity contribution is 5.76. The van der Waals surface area contributed by atoms with Crippen LogP contribution in [0.15, 0.2) is 0 Å². The van der Waals surface area contributed by atoms with Gasteiger partial charge in [-0.15, -0.1) is 0 Å². The van der Waals surface area contributed by atoms with Crippen LogP contribution in [0.2, 0.25) is 0 Å². The number of carbonyl (C=O) groups excluding carboxylic acids is 1. The van der Waals surface area contributed by atoms with Gasteiger partial charge in [-0.3, -0.25) is 4.79 Å². The lowest BCUT2D eigenvalue weighted by Crippen LogP contribution is -2.45. The zero-order valence-electron chi connectivity index (χ0n) is 11.7. The smallest absolute Gasteiger partial charge is 0.222 e. The summed E-state index contributed by atoms with van der Waals surface area (Å²) >= 11 is 0. The van der Waals surface area contributed by atoms with E-state index in [2.05, 4.69) is 11.8 Å². The molecule has 0 saturated carbocycles. The number of hydrogen-bond acceptors (Lipinski definition) is 3. The normalized spacial score (nSPS) is 24.2. The zero-order valence-corrected chi connectivity index (χ0v) is 11.7. The largest absolute Gasteiger partial charge is 0.376 e. The van der Waals surface area contributed by atoms with Gasteiger partial charge in [0.1, 0.15) is 12.2 Å².